The predicted octanol–water partition coefficient (Wildman–Crippen LogP) is 4.44. The van der Waals surface area contributed by atoms with E-state index in [9.17, 15) is 4.79 Å². The van der Waals surface area contributed by atoms with Gasteiger partial charge in [-0.3, -0.25) is 14.3 Å². The number of imidazole rings is 1. The van der Waals surface area contributed by atoms with Gasteiger partial charge in [0.2, 0.25) is 0 Å². The maximum Gasteiger partial charge on any atom is 0.273 e. The van der Waals surface area contributed by atoms with Crippen molar-refractivity contribution in [3.8, 4) is 0 Å². The van der Waals surface area contributed by atoms with Gasteiger partial charge in [-0.05, 0) is 49.9 Å². The maximum atomic E-state index is 12.3. The number of hydrogen-bond donors (Lipinski definition) is 0. The van der Waals surface area contributed by atoms with Crippen LogP contribution in [-0.2, 0) is 12.8 Å². The van der Waals surface area contributed by atoms with E-state index in [0.717, 1.165) is 49.3 Å². The van der Waals surface area contributed by atoms with Crippen molar-refractivity contribution in [1.82, 2.24) is 14.5 Å². The smallest absolute Gasteiger partial charge is 0.273 e. The molecule has 0 bridgehead atoms. The van der Waals surface area contributed by atoms with Gasteiger partial charge >= 0.3 is 0 Å². The third kappa shape index (κ3) is 5.04. The highest BCUT2D eigenvalue weighted by atomic mass is 32.1. The minimum atomic E-state index is -0.0295. The Morgan fingerprint density at radius 3 is 2.56 bits per heavy atom. The Balaban J connectivity index is 1.58. The Morgan fingerprint density at radius 2 is 1.93 bits per heavy atom. The zero-order chi connectivity index (χ0) is 19.1. The number of rotatable bonds is 9. The van der Waals surface area contributed by atoms with E-state index >= 15 is 0 Å². The second-order valence-electron chi connectivity index (χ2n) is 6.54. The van der Waals surface area contributed by atoms with Crippen LogP contribution in [0.4, 0.5) is 5.69 Å². The van der Waals surface area contributed by atoms with Crippen LogP contribution in [0.25, 0.3) is 0 Å². The largest absolute Gasteiger partial charge is 0.370 e. The lowest BCUT2D eigenvalue weighted by atomic mass is 10.2. The number of pyridine rings is 1. The second-order valence-corrected chi connectivity index (χ2v) is 7.70. The van der Waals surface area contributed by atoms with Crippen LogP contribution in [0.3, 0.4) is 0 Å². The Kier molecular flexibility index (Phi) is 6.76. The third-order valence-corrected chi connectivity index (χ3v) is 5.53. The van der Waals surface area contributed by atoms with Gasteiger partial charge in [-0.1, -0.05) is 13.8 Å². The molecule has 0 aliphatic rings. The first-order valence-electron chi connectivity index (χ1n) is 9.52. The van der Waals surface area contributed by atoms with Crippen molar-refractivity contribution < 1.29 is 4.79 Å². The molecule has 0 amide bonds. The molecule has 27 heavy (non-hydrogen) atoms. The van der Waals surface area contributed by atoms with Crippen molar-refractivity contribution in [3.05, 3.63) is 64.6 Å². The van der Waals surface area contributed by atoms with Crippen molar-refractivity contribution >= 4 is 22.9 Å². The molecule has 0 fully saturated rings. The van der Waals surface area contributed by atoms with Crippen LogP contribution in [0.2, 0.25) is 0 Å². The van der Waals surface area contributed by atoms with Gasteiger partial charge in [0, 0.05) is 36.1 Å². The molecule has 0 aliphatic carbocycles. The third-order valence-electron chi connectivity index (χ3n) is 4.40. The number of thiophene rings is 1. The molecule has 3 rings (SSSR count). The monoisotopic (exact) mass is 382 g/mol. The normalized spacial score (nSPS) is 10.9. The minimum absolute atomic E-state index is 0.0295. The molecule has 0 saturated heterocycles. The molecule has 6 heteroatoms. The van der Waals surface area contributed by atoms with Gasteiger partial charge in [0.1, 0.15) is 6.33 Å². The van der Waals surface area contributed by atoms with Crippen LogP contribution in [0.5, 0.6) is 0 Å². The zero-order valence-corrected chi connectivity index (χ0v) is 16.8. The quantitative estimate of drug-likeness (QED) is 0.549. The highest BCUT2D eigenvalue weighted by Gasteiger charge is 2.11. The van der Waals surface area contributed by atoms with Crippen molar-refractivity contribution in [2.24, 2.45) is 0 Å². The maximum absolute atomic E-state index is 12.3. The van der Waals surface area contributed by atoms with Gasteiger partial charge in [-0.25, -0.2) is 4.98 Å². The highest BCUT2D eigenvalue weighted by Crippen LogP contribution is 2.20. The number of carbonyl (C=O) groups is 1. The number of anilines is 1. The average Bonchev–Trinajstić information content (AvgIpc) is 3.38. The van der Waals surface area contributed by atoms with Crippen LogP contribution in [0, 0.1) is 0 Å². The summed E-state index contributed by atoms with van der Waals surface area (Å²) in [6.45, 7) is 6.55. The molecule has 0 saturated carbocycles. The number of carbonyl (C=O) groups excluding carboxylic acids is 1. The highest BCUT2D eigenvalue weighted by molar-refractivity contribution is 7.14. The first-order chi connectivity index (χ1) is 13.2. The molecule has 0 N–H and O–H groups in total. The van der Waals surface area contributed by atoms with Crippen LogP contribution in [0.15, 0.2) is 49.2 Å². The molecule has 0 aromatic carbocycles. The molecule has 5 nitrogen and oxygen atoms in total. The SMILES string of the molecule is CCCN(CCC)c1ccc(CCc2ccc(C(=O)n3ccnc3)s2)nc1. The summed E-state index contributed by atoms with van der Waals surface area (Å²) in [5.41, 5.74) is 2.29. The standard InChI is InChI=1S/C21H26N4OS/c1-3-12-24(13-4-2)18-7-5-17(23-15-18)6-8-19-9-10-20(27-19)21(26)25-14-11-22-16-25/h5,7,9-11,14-16H,3-4,6,8,12-13H2,1-2H3. The fourth-order valence-electron chi connectivity index (χ4n) is 3.05. The number of aromatic nitrogens is 3. The predicted molar refractivity (Wildman–Crippen MR) is 111 cm³/mol. The molecule has 142 valence electrons. The van der Waals surface area contributed by atoms with Crippen molar-refractivity contribution in [2.75, 3.05) is 18.0 Å². The summed E-state index contributed by atoms with van der Waals surface area (Å²) in [5, 5.41) is 0. The van der Waals surface area contributed by atoms with Crippen molar-refractivity contribution in [1.29, 1.82) is 0 Å². The summed E-state index contributed by atoms with van der Waals surface area (Å²) in [6.07, 6.45) is 10.9. The van der Waals surface area contributed by atoms with Crippen LogP contribution < -0.4 is 4.90 Å². The molecule has 0 unspecified atom stereocenters. The number of hydrogen-bond acceptors (Lipinski definition) is 5. The van der Waals surface area contributed by atoms with E-state index in [2.05, 4.69) is 40.8 Å². The van der Waals surface area contributed by atoms with E-state index in [1.54, 1.807) is 23.7 Å². The molecule has 0 radical (unpaired) electrons. The minimum Gasteiger partial charge on any atom is -0.370 e. The van der Waals surface area contributed by atoms with E-state index in [1.807, 2.05) is 18.3 Å². The van der Waals surface area contributed by atoms with Gasteiger partial charge < -0.3 is 4.90 Å². The Morgan fingerprint density at radius 1 is 1.11 bits per heavy atom. The summed E-state index contributed by atoms with van der Waals surface area (Å²) in [7, 11) is 0. The lowest BCUT2D eigenvalue weighted by molar-refractivity contribution is 0.0964. The van der Waals surface area contributed by atoms with Gasteiger partial charge in [-0.2, -0.15) is 0 Å². The topological polar surface area (TPSA) is 51.0 Å². The fourth-order valence-corrected chi connectivity index (χ4v) is 4.00. The summed E-state index contributed by atoms with van der Waals surface area (Å²) in [6, 6.07) is 8.23. The van der Waals surface area contributed by atoms with E-state index in [0.29, 0.717) is 0 Å². The molecule has 3 aromatic rings. The van der Waals surface area contributed by atoms with Crippen molar-refractivity contribution in [3.63, 3.8) is 0 Å². The molecular weight excluding hydrogens is 356 g/mol. The van der Waals surface area contributed by atoms with Gasteiger partial charge in [0.25, 0.3) is 5.91 Å². The summed E-state index contributed by atoms with van der Waals surface area (Å²) >= 11 is 1.55. The first-order valence-corrected chi connectivity index (χ1v) is 10.3. The van der Waals surface area contributed by atoms with Crippen LogP contribution in [-0.4, -0.2) is 33.5 Å². The second kappa shape index (κ2) is 9.46. The van der Waals surface area contributed by atoms with Crippen LogP contribution in [0.1, 0.15) is 46.9 Å². The Labute approximate surface area is 164 Å². The lowest BCUT2D eigenvalue weighted by Crippen LogP contribution is -2.24. The molecule has 0 spiro atoms. The zero-order valence-electron chi connectivity index (χ0n) is 16.0. The Bertz CT molecular complexity index is 833. The summed E-state index contributed by atoms with van der Waals surface area (Å²) in [5.74, 6) is -0.0295. The van der Waals surface area contributed by atoms with Gasteiger partial charge in [0.15, 0.2) is 0 Å². The van der Waals surface area contributed by atoms with Crippen LogP contribution >= 0.6 is 11.3 Å². The van der Waals surface area contributed by atoms with Crippen molar-refractivity contribution in [2.45, 2.75) is 39.5 Å². The average molecular weight is 383 g/mol. The lowest BCUT2D eigenvalue weighted by Gasteiger charge is -2.23. The van der Waals surface area contributed by atoms with E-state index < -0.39 is 0 Å². The Hall–Kier alpha value is -2.47. The summed E-state index contributed by atoms with van der Waals surface area (Å²) in [4.78, 5) is 25.2. The van der Waals surface area contributed by atoms with Gasteiger partial charge in [0.05, 0.1) is 16.8 Å². The molecule has 3 aromatic heterocycles. The molecule has 0 aliphatic heterocycles. The van der Waals surface area contributed by atoms with E-state index in [4.69, 9.17) is 0 Å². The summed E-state index contributed by atoms with van der Waals surface area (Å²) < 4.78 is 1.51. The van der Waals surface area contributed by atoms with Gasteiger partial charge in [-0.15, -0.1) is 11.3 Å². The number of nitrogens with zero attached hydrogens (tertiary/aromatic N) is 4. The van der Waals surface area contributed by atoms with E-state index in [-0.39, 0.29) is 5.91 Å². The molecule has 0 atom stereocenters. The first kappa shape index (κ1) is 19.3. The molecular formula is C21H26N4OS. The fraction of sp³-hybridized carbons (Fsp3) is 0.381. The molecule has 3 heterocycles. The van der Waals surface area contributed by atoms with E-state index in [1.165, 1.54) is 21.5 Å². The number of aryl methyl sites for hydroxylation is 2.